The van der Waals surface area contributed by atoms with Gasteiger partial charge in [0, 0.05) is 0 Å². The number of carbonyl (C=O) groups excluding carboxylic acids is 1. The van der Waals surface area contributed by atoms with Gasteiger partial charge in [0.1, 0.15) is 6.54 Å². The number of amides is 1. The van der Waals surface area contributed by atoms with Crippen molar-refractivity contribution in [1.29, 1.82) is 0 Å². The van der Waals surface area contributed by atoms with Gasteiger partial charge in [-0.1, -0.05) is 23.8 Å². The first-order valence-electron chi connectivity index (χ1n) is 7.16. The second kappa shape index (κ2) is 6.42. The maximum atomic E-state index is 12.9. The summed E-state index contributed by atoms with van der Waals surface area (Å²) in [6, 6.07) is 11.9. The van der Waals surface area contributed by atoms with Crippen molar-refractivity contribution >= 4 is 21.6 Å². The molecule has 23 heavy (non-hydrogen) atoms. The molecule has 0 fully saturated rings. The summed E-state index contributed by atoms with van der Waals surface area (Å²) in [6.07, 6.45) is 0. The van der Waals surface area contributed by atoms with Crippen LogP contribution in [-0.4, -0.2) is 20.9 Å². The van der Waals surface area contributed by atoms with Gasteiger partial charge in [0.15, 0.2) is 0 Å². The molecular weight excluding hydrogens is 312 g/mol. The van der Waals surface area contributed by atoms with Crippen LogP contribution in [0.1, 0.15) is 16.7 Å². The summed E-state index contributed by atoms with van der Waals surface area (Å²) in [5, 5.41) is 0. The number of anilines is 1. The Labute approximate surface area is 136 Å². The molecule has 0 saturated heterocycles. The van der Waals surface area contributed by atoms with Crippen LogP contribution in [0.15, 0.2) is 47.4 Å². The van der Waals surface area contributed by atoms with Gasteiger partial charge in [-0.3, -0.25) is 9.10 Å². The van der Waals surface area contributed by atoms with Crippen LogP contribution in [0.4, 0.5) is 5.69 Å². The van der Waals surface area contributed by atoms with Gasteiger partial charge in [0.25, 0.3) is 10.0 Å². The van der Waals surface area contributed by atoms with Crippen LogP contribution in [0.3, 0.4) is 0 Å². The van der Waals surface area contributed by atoms with E-state index in [2.05, 4.69) is 0 Å². The van der Waals surface area contributed by atoms with Crippen LogP contribution < -0.4 is 10.0 Å². The van der Waals surface area contributed by atoms with Crippen molar-refractivity contribution < 1.29 is 13.2 Å². The van der Waals surface area contributed by atoms with Gasteiger partial charge >= 0.3 is 0 Å². The molecule has 122 valence electrons. The van der Waals surface area contributed by atoms with E-state index in [1.54, 1.807) is 24.3 Å². The first-order valence-corrected chi connectivity index (χ1v) is 8.60. The number of benzene rings is 2. The van der Waals surface area contributed by atoms with Crippen molar-refractivity contribution in [1.82, 2.24) is 0 Å². The van der Waals surface area contributed by atoms with E-state index >= 15 is 0 Å². The Morgan fingerprint density at radius 2 is 1.48 bits per heavy atom. The normalized spacial score (nSPS) is 11.3. The highest BCUT2D eigenvalue weighted by Crippen LogP contribution is 2.25. The standard InChI is InChI=1S/C17H20N2O3S/c1-12-4-6-16(7-5-12)23(21,22)19(11-17(18)20)15-9-13(2)8-14(3)10-15/h4-10H,11H2,1-3H3,(H2,18,20). The Morgan fingerprint density at radius 1 is 0.957 bits per heavy atom. The van der Waals surface area contributed by atoms with Gasteiger partial charge in [0.2, 0.25) is 5.91 Å². The molecule has 0 unspecified atom stereocenters. The minimum Gasteiger partial charge on any atom is -0.368 e. The lowest BCUT2D eigenvalue weighted by molar-refractivity contribution is -0.116. The Kier molecular flexibility index (Phi) is 4.75. The lowest BCUT2D eigenvalue weighted by atomic mass is 10.1. The average Bonchev–Trinajstić information content (AvgIpc) is 2.43. The van der Waals surface area contributed by atoms with Gasteiger partial charge in [-0.2, -0.15) is 0 Å². The van der Waals surface area contributed by atoms with Gasteiger partial charge < -0.3 is 5.73 Å². The van der Waals surface area contributed by atoms with E-state index < -0.39 is 22.5 Å². The minimum absolute atomic E-state index is 0.128. The van der Waals surface area contributed by atoms with Crippen molar-refractivity contribution in [2.45, 2.75) is 25.7 Å². The Bertz CT molecular complexity index is 807. The van der Waals surface area contributed by atoms with Crippen LogP contribution in [-0.2, 0) is 14.8 Å². The van der Waals surface area contributed by atoms with E-state index in [-0.39, 0.29) is 4.90 Å². The molecule has 0 aliphatic heterocycles. The maximum absolute atomic E-state index is 12.9. The molecule has 0 spiro atoms. The molecule has 0 aliphatic rings. The van der Waals surface area contributed by atoms with E-state index in [9.17, 15) is 13.2 Å². The largest absolute Gasteiger partial charge is 0.368 e. The third kappa shape index (κ3) is 3.90. The molecule has 2 rings (SSSR count). The quantitative estimate of drug-likeness (QED) is 0.912. The molecule has 0 atom stereocenters. The molecule has 2 N–H and O–H groups in total. The highest BCUT2D eigenvalue weighted by molar-refractivity contribution is 7.92. The molecule has 2 aromatic carbocycles. The van der Waals surface area contributed by atoms with Crippen LogP contribution in [0.5, 0.6) is 0 Å². The highest BCUT2D eigenvalue weighted by Gasteiger charge is 2.26. The van der Waals surface area contributed by atoms with Crippen LogP contribution in [0.2, 0.25) is 0 Å². The molecule has 0 radical (unpaired) electrons. The molecule has 0 aromatic heterocycles. The summed E-state index contributed by atoms with van der Waals surface area (Å²) in [4.78, 5) is 11.5. The number of hydrogen-bond acceptors (Lipinski definition) is 3. The van der Waals surface area contributed by atoms with E-state index in [4.69, 9.17) is 5.73 Å². The zero-order chi connectivity index (χ0) is 17.2. The third-order valence-corrected chi connectivity index (χ3v) is 5.19. The molecule has 5 nitrogen and oxygen atoms in total. The Hall–Kier alpha value is -2.34. The molecule has 0 saturated carbocycles. The molecule has 0 heterocycles. The summed E-state index contributed by atoms with van der Waals surface area (Å²) >= 11 is 0. The smallest absolute Gasteiger partial charge is 0.264 e. The topological polar surface area (TPSA) is 80.5 Å². The number of rotatable bonds is 5. The van der Waals surface area contributed by atoms with Crippen molar-refractivity contribution in [2.24, 2.45) is 5.73 Å². The first-order chi connectivity index (χ1) is 10.7. The fourth-order valence-corrected chi connectivity index (χ4v) is 3.80. The summed E-state index contributed by atoms with van der Waals surface area (Å²) < 4.78 is 26.9. The minimum atomic E-state index is -3.87. The van der Waals surface area contributed by atoms with Crippen LogP contribution >= 0.6 is 0 Å². The van der Waals surface area contributed by atoms with E-state index in [0.29, 0.717) is 5.69 Å². The Balaban J connectivity index is 2.57. The van der Waals surface area contributed by atoms with Crippen LogP contribution in [0.25, 0.3) is 0 Å². The van der Waals surface area contributed by atoms with Gasteiger partial charge in [0.05, 0.1) is 10.6 Å². The van der Waals surface area contributed by atoms with Gasteiger partial charge in [-0.05, 0) is 56.2 Å². The summed E-state index contributed by atoms with van der Waals surface area (Å²) in [6.45, 7) is 5.22. The first kappa shape index (κ1) is 17.0. The monoisotopic (exact) mass is 332 g/mol. The maximum Gasteiger partial charge on any atom is 0.264 e. The molecule has 0 aliphatic carbocycles. The number of nitrogens with zero attached hydrogens (tertiary/aromatic N) is 1. The predicted molar refractivity (Wildman–Crippen MR) is 90.8 cm³/mol. The Morgan fingerprint density at radius 3 is 1.96 bits per heavy atom. The summed E-state index contributed by atoms with van der Waals surface area (Å²) in [5.41, 5.74) is 8.47. The SMILES string of the molecule is Cc1ccc(S(=O)(=O)N(CC(N)=O)c2cc(C)cc(C)c2)cc1. The molecular formula is C17H20N2O3S. The molecule has 6 heteroatoms. The number of nitrogens with two attached hydrogens (primary N) is 1. The van der Waals surface area contributed by atoms with Crippen molar-refractivity contribution in [2.75, 3.05) is 10.8 Å². The number of primary amides is 1. The van der Waals surface area contributed by atoms with E-state index in [1.807, 2.05) is 26.8 Å². The number of sulfonamides is 1. The zero-order valence-electron chi connectivity index (χ0n) is 13.4. The highest BCUT2D eigenvalue weighted by atomic mass is 32.2. The molecule has 2 aromatic rings. The predicted octanol–water partition coefficient (Wildman–Crippen LogP) is 2.29. The van der Waals surface area contributed by atoms with Crippen molar-refractivity contribution in [3.8, 4) is 0 Å². The van der Waals surface area contributed by atoms with Crippen molar-refractivity contribution in [3.63, 3.8) is 0 Å². The number of carbonyl (C=O) groups is 1. The van der Waals surface area contributed by atoms with Crippen molar-refractivity contribution in [3.05, 3.63) is 59.2 Å². The van der Waals surface area contributed by atoms with E-state index in [0.717, 1.165) is 21.0 Å². The molecule has 1 amide bonds. The second-order valence-electron chi connectivity index (χ2n) is 5.64. The summed E-state index contributed by atoms with van der Waals surface area (Å²) in [5.74, 6) is -0.708. The van der Waals surface area contributed by atoms with E-state index in [1.165, 1.54) is 12.1 Å². The fraction of sp³-hybridized carbons (Fsp3) is 0.235. The van der Waals surface area contributed by atoms with Gasteiger partial charge in [-0.15, -0.1) is 0 Å². The second-order valence-corrected chi connectivity index (χ2v) is 7.50. The van der Waals surface area contributed by atoms with Gasteiger partial charge in [-0.25, -0.2) is 8.42 Å². The summed E-state index contributed by atoms with van der Waals surface area (Å²) in [7, 11) is -3.87. The lowest BCUT2D eigenvalue weighted by Gasteiger charge is -2.24. The molecule has 0 bridgehead atoms. The zero-order valence-corrected chi connectivity index (χ0v) is 14.2. The fourth-order valence-electron chi connectivity index (χ4n) is 2.39. The average molecular weight is 332 g/mol. The lowest BCUT2D eigenvalue weighted by Crippen LogP contribution is -2.38. The third-order valence-electron chi connectivity index (χ3n) is 3.40. The number of hydrogen-bond donors (Lipinski definition) is 1. The van der Waals surface area contributed by atoms with Crippen LogP contribution in [0, 0.1) is 20.8 Å². The number of aryl methyl sites for hydroxylation is 3.